The summed E-state index contributed by atoms with van der Waals surface area (Å²) in [6.07, 6.45) is 2.23. The molecule has 1 aliphatic rings. The van der Waals surface area contributed by atoms with E-state index in [0.29, 0.717) is 18.7 Å². The SMILES string of the molecule is COC(=O)c1ccc(CN(C)CC(=O)N2CCCC2)cc1. The topological polar surface area (TPSA) is 49.9 Å². The maximum atomic E-state index is 12.1. The van der Waals surface area contributed by atoms with Gasteiger partial charge >= 0.3 is 5.97 Å². The Bertz CT molecular complexity index is 493. The number of benzene rings is 1. The highest BCUT2D eigenvalue weighted by atomic mass is 16.5. The molecule has 0 N–H and O–H groups in total. The fraction of sp³-hybridized carbons (Fsp3) is 0.500. The van der Waals surface area contributed by atoms with E-state index in [9.17, 15) is 9.59 Å². The molecule has 114 valence electrons. The van der Waals surface area contributed by atoms with Crippen molar-refractivity contribution in [3.8, 4) is 0 Å². The Morgan fingerprint density at radius 3 is 2.38 bits per heavy atom. The van der Waals surface area contributed by atoms with Crippen molar-refractivity contribution in [2.45, 2.75) is 19.4 Å². The maximum absolute atomic E-state index is 12.1. The Morgan fingerprint density at radius 1 is 1.19 bits per heavy atom. The number of rotatable bonds is 5. The monoisotopic (exact) mass is 290 g/mol. The Morgan fingerprint density at radius 2 is 1.81 bits per heavy atom. The molecule has 1 saturated heterocycles. The van der Waals surface area contributed by atoms with Crippen molar-refractivity contribution >= 4 is 11.9 Å². The summed E-state index contributed by atoms with van der Waals surface area (Å²) >= 11 is 0. The molecule has 1 heterocycles. The van der Waals surface area contributed by atoms with Crippen molar-refractivity contribution < 1.29 is 14.3 Å². The lowest BCUT2D eigenvalue weighted by Crippen LogP contribution is -2.36. The van der Waals surface area contributed by atoms with Crippen LogP contribution in [0.2, 0.25) is 0 Å². The summed E-state index contributed by atoms with van der Waals surface area (Å²) in [6, 6.07) is 7.28. The second-order valence-electron chi connectivity index (χ2n) is 5.45. The van der Waals surface area contributed by atoms with Gasteiger partial charge in [0, 0.05) is 19.6 Å². The first-order chi connectivity index (χ1) is 10.1. The molecule has 1 amide bonds. The van der Waals surface area contributed by atoms with Crippen molar-refractivity contribution in [1.82, 2.24) is 9.80 Å². The van der Waals surface area contributed by atoms with Crippen LogP contribution in [0, 0.1) is 0 Å². The van der Waals surface area contributed by atoms with Gasteiger partial charge < -0.3 is 9.64 Å². The lowest BCUT2D eigenvalue weighted by atomic mass is 10.1. The van der Waals surface area contributed by atoms with Gasteiger partial charge in [0.2, 0.25) is 5.91 Å². The van der Waals surface area contributed by atoms with Crippen LogP contribution >= 0.6 is 0 Å². The summed E-state index contributed by atoms with van der Waals surface area (Å²) < 4.78 is 4.67. The van der Waals surface area contributed by atoms with E-state index >= 15 is 0 Å². The standard InChI is InChI=1S/C16H22N2O3/c1-17(12-15(19)18-9-3-4-10-18)11-13-5-7-14(8-6-13)16(20)21-2/h5-8H,3-4,9-12H2,1-2H3. The first kappa shape index (κ1) is 15.5. The zero-order valence-corrected chi connectivity index (χ0v) is 12.7. The fourth-order valence-corrected chi connectivity index (χ4v) is 2.53. The van der Waals surface area contributed by atoms with Crippen molar-refractivity contribution in [3.63, 3.8) is 0 Å². The summed E-state index contributed by atoms with van der Waals surface area (Å²) in [5, 5.41) is 0. The molecule has 1 fully saturated rings. The number of hydrogen-bond donors (Lipinski definition) is 0. The number of likely N-dealkylation sites (N-methyl/N-ethyl adjacent to an activating group) is 1. The Labute approximate surface area is 125 Å². The van der Waals surface area contributed by atoms with E-state index in [-0.39, 0.29) is 11.9 Å². The van der Waals surface area contributed by atoms with Crippen molar-refractivity contribution in [3.05, 3.63) is 35.4 Å². The van der Waals surface area contributed by atoms with Crippen molar-refractivity contribution in [2.75, 3.05) is 33.8 Å². The van der Waals surface area contributed by atoms with E-state index in [4.69, 9.17) is 0 Å². The first-order valence-corrected chi connectivity index (χ1v) is 7.23. The Kier molecular flexibility index (Phi) is 5.33. The number of esters is 1. The molecule has 5 nitrogen and oxygen atoms in total. The normalized spacial score (nSPS) is 14.5. The van der Waals surface area contributed by atoms with E-state index < -0.39 is 0 Å². The van der Waals surface area contributed by atoms with Crippen LogP contribution in [0.25, 0.3) is 0 Å². The first-order valence-electron chi connectivity index (χ1n) is 7.23. The largest absolute Gasteiger partial charge is 0.465 e. The average molecular weight is 290 g/mol. The fourth-order valence-electron chi connectivity index (χ4n) is 2.53. The number of likely N-dealkylation sites (tertiary alicyclic amines) is 1. The number of methoxy groups -OCH3 is 1. The smallest absolute Gasteiger partial charge is 0.337 e. The van der Waals surface area contributed by atoms with E-state index in [1.165, 1.54) is 7.11 Å². The van der Waals surface area contributed by atoms with Crippen LogP contribution < -0.4 is 0 Å². The number of ether oxygens (including phenoxy) is 1. The van der Waals surface area contributed by atoms with Gasteiger partial charge in [-0.25, -0.2) is 4.79 Å². The molecule has 5 heteroatoms. The molecule has 1 aliphatic heterocycles. The minimum absolute atomic E-state index is 0.196. The minimum atomic E-state index is -0.334. The molecule has 0 unspecified atom stereocenters. The molecular weight excluding hydrogens is 268 g/mol. The second-order valence-corrected chi connectivity index (χ2v) is 5.45. The molecule has 0 aliphatic carbocycles. The molecule has 0 saturated carbocycles. The minimum Gasteiger partial charge on any atom is -0.465 e. The highest BCUT2D eigenvalue weighted by molar-refractivity contribution is 5.89. The molecule has 21 heavy (non-hydrogen) atoms. The molecule has 0 spiro atoms. The van der Waals surface area contributed by atoms with E-state index in [1.54, 1.807) is 12.1 Å². The van der Waals surface area contributed by atoms with Crippen LogP contribution in [-0.4, -0.2) is 55.5 Å². The van der Waals surface area contributed by atoms with Gasteiger partial charge in [0.15, 0.2) is 0 Å². The number of amides is 1. The molecular formula is C16H22N2O3. The molecule has 0 aromatic heterocycles. The van der Waals surface area contributed by atoms with Gasteiger partial charge in [0.25, 0.3) is 0 Å². The highest BCUT2D eigenvalue weighted by Gasteiger charge is 2.19. The number of carbonyl (C=O) groups is 2. The third-order valence-electron chi connectivity index (χ3n) is 3.69. The summed E-state index contributed by atoms with van der Waals surface area (Å²) in [4.78, 5) is 27.3. The number of nitrogens with zero attached hydrogens (tertiary/aromatic N) is 2. The van der Waals surface area contributed by atoms with Gasteiger partial charge in [-0.3, -0.25) is 9.69 Å². The lowest BCUT2D eigenvalue weighted by Gasteiger charge is -2.21. The summed E-state index contributed by atoms with van der Waals surface area (Å²) in [5.74, 6) is -0.139. The predicted octanol–water partition coefficient (Wildman–Crippen LogP) is 1.53. The zero-order chi connectivity index (χ0) is 15.2. The third-order valence-corrected chi connectivity index (χ3v) is 3.69. The van der Waals surface area contributed by atoms with Crippen LogP contribution in [-0.2, 0) is 16.1 Å². The second kappa shape index (κ2) is 7.22. The van der Waals surface area contributed by atoms with E-state index in [2.05, 4.69) is 4.74 Å². The van der Waals surface area contributed by atoms with E-state index in [0.717, 1.165) is 31.5 Å². The predicted molar refractivity (Wildman–Crippen MR) is 79.9 cm³/mol. The lowest BCUT2D eigenvalue weighted by molar-refractivity contribution is -0.131. The third kappa shape index (κ3) is 4.29. The van der Waals surface area contributed by atoms with Crippen LogP contribution in [0.3, 0.4) is 0 Å². The summed E-state index contributed by atoms with van der Waals surface area (Å²) in [6.45, 7) is 2.89. The van der Waals surface area contributed by atoms with Crippen molar-refractivity contribution in [1.29, 1.82) is 0 Å². The van der Waals surface area contributed by atoms with Gasteiger partial charge in [-0.2, -0.15) is 0 Å². The molecule has 0 atom stereocenters. The van der Waals surface area contributed by atoms with Gasteiger partial charge in [0.1, 0.15) is 0 Å². The molecule has 0 radical (unpaired) electrons. The van der Waals surface area contributed by atoms with Gasteiger partial charge in [-0.1, -0.05) is 12.1 Å². The van der Waals surface area contributed by atoms with Crippen LogP contribution in [0.5, 0.6) is 0 Å². The molecule has 2 rings (SSSR count). The molecule has 1 aromatic carbocycles. The number of carbonyl (C=O) groups excluding carboxylic acids is 2. The highest BCUT2D eigenvalue weighted by Crippen LogP contribution is 2.10. The Balaban J connectivity index is 1.85. The van der Waals surface area contributed by atoms with Crippen LogP contribution in [0.4, 0.5) is 0 Å². The quantitative estimate of drug-likeness (QED) is 0.772. The van der Waals surface area contributed by atoms with Crippen LogP contribution in [0.1, 0.15) is 28.8 Å². The van der Waals surface area contributed by atoms with Gasteiger partial charge in [-0.15, -0.1) is 0 Å². The summed E-state index contributed by atoms with van der Waals surface area (Å²) in [7, 11) is 3.30. The van der Waals surface area contributed by atoms with E-state index in [1.807, 2.05) is 29.0 Å². The summed E-state index contributed by atoms with van der Waals surface area (Å²) in [5.41, 5.74) is 1.61. The zero-order valence-electron chi connectivity index (χ0n) is 12.7. The molecule has 1 aromatic rings. The Hall–Kier alpha value is -1.88. The van der Waals surface area contributed by atoms with Gasteiger partial charge in [0.05, 0.1) is 19.2 Å². The van der Waals surface area contributed by atoms with Gasteiger partial charge in [-0.05, 0) is 37.6 Å². The van der Waals surface area contributed by atoms with Crippen LogP contribution in [0.15, 0.2) is 24.3 Å². The maximum Gasteiger partial charge on any atom is 0.337 e. The molecule has 0 bridgehead atoms. The van der Waals surface area contributed by atoms with Crippen molar-refractivity contribution in [2.24, 2.45) is 0 Å². The number of hydrogen-bond acceptors (Lipinski definition) is 4. The average Bonchev–Trinajstić information content (AvgIpc) is 3.01.